The van der Waals surface area contributed by atoms with Gasteiger partial charge in [-0.25, -0.2) is 0 Å². The monoisotopic (exact) mass is 1020 g/mol. The zero-order valence-corrected chi connectivity index (χ0v) is 43.7. The molecule has 16 bridgehead atoms. The molecule has 14 rings (SSSR count). The van der Waals surface area contributed by atoms with Crippen molar-refractivity contribution in [2.24, 2.45) is 0 Å². The summed E-state index contributed by atoms with van der Waals surface area (Å²) in [5.74, 6) is 5.20. The summed E-state index contributed by atoms with van der Waals surface area (Å²) in [5, 5.41) is 0. The van der Waals surface area contributed by atoms with Crippen LogP contribution in [-0.4, -0.2) is 0 Å². The topological polar surface area (TPSA) is 55.4 Å². The number of hydrogen-bond donors (Lipinski definition) is 0. The van der Waals surface area contributed by atoms with Crippen LogP contribution >= 0.6 is 0 Å². The Labute approximate surface area is 457 Å². The van der Waals surface area contributed by atoms with Crippen LogP contribution in [0.5, 0.6) is 34.5 Å². The first-order valence-electron chi connectivity index (χ1n) is 27.2. The van der Waals surface area contributed by atoms with E-state index in [0.717, 1.165) is 135 Å². The summed E-state index contributed by atoms with van der Waals surface area (Å²) in [7, 11) is 0. The van der Waals surface area contributed by atoms with Gasteiger partial charge in [-0.1, -0.05) is 206 Å². The average molecular weight is 1020 g/mol. The predicted molar refractivity (Wildman–Crippen MR) is 307 cm³/mol. The Morgan fingerprint density at radius 1 is 0.244 bits per heavy atom. The van der Waals surface area contributed by atoms with Crippen LogP contribution in [0.25, 0.3) is 0 Å². The highest BCUT2D eigenvalue weighted by Crippen LogP contribution is 2.42. The number of para-hydroxylation sites is 6. The lowest BCUT2D eigenvalue weighted by molar-refractivity contribution is 0.288. The molecule has 0 fully saturated rings. The summed E-state index contributed by atoms with van der Waals surface area (Å²) < 4.78 is 42.8. The van der Waals surface area contributed by atoms with Crippen LogP contribution in [0.15, 0.2) is 218 Å². The van der Waals surface area contributed by atoms with Gasteiger partial charge >= 0.3 is 0 Å². The summed E-state index contributed by atoms with van der Waals surface area (Å²) in [5.41, 5.74) is 19.4. The fourth-order valence-electron chi connectivity index (χ4n) is 11.5. The molecule has 0 atom stereocenters. The maximum Gasteiger partial charge on any atom is 0.126 e. The molecular formula is C72H60O6. The van der Waals surface area contributed by atoms with E-state index >= 15 is 0 Å². The summed E-state index contributed by atoms with van der Waals surface area (Å²) in [4.78, 5) is 0. The Morgan fingerprint density at radius 3 is 0.744 bits per heavy atom. The fraction of sp³-hybridized carbons (Fsp3) is 0.167. The van der Waals surface area contributed by atoms with Crippen molar-refractivity contribution in [1.82, 2.24) is 0 Å². The molecule has 0 saturated heterocycles. The lowest BCUT2D eigenvalue weighted by Gasteiger charge is -2.23. The molecule has 6 heteroatoms. The van der Waals surface area contributed by atoms with Crippen molar-refractivity contribution in [2.75, 3.05) is 0 Å². The molecule has 4 heterocycles. The smallest absolute Gasteiger partial charge is 0.126 e. The molecule has 78 heavy (non-hydrogen) atoms. The highest BCUT2D eigenvalue weighted by molar-refractivity contribution is 5.58. The number of hydrogen-bond acceptors (Lipinski definition) is 6. The van der Waals surface area contributed by atoms with E-state index < -0.39 is 0 Å². The maximum atomic E-state index is 7.19. The van der Waals surface area contributed by atoms with Crippen LogP contribution in [0, 0.1) is 0 Å². The Balaban J connectivity index is 1.05. The van der Waals surface area contributed by atoms with Crippen molar-refractivity contribution >= 4 is 0 Å². The second kappa shape index (κ2) is 22.3. The van der Waals surface area contributed by atoms with Gasteiger partial charge in [0.25, 0.3) is 0 Å². The minimum atomic E-state index is 0.373. The van der Waals surface area contributed by atoms with Gasteiger partial charge in [0.2, 0.25) is 0 Å². The zero-order chi connectivity index (χ0) is 52.0. The first-order valence-corrected chi connectivity index (χ1v) is 27.2. The Hall–Kier alpha value is -9.00. The minimum Gasteiger partial charge on any atom is -0.488 e. The van der Waals surface area contributed by atoms with Gasteiger partial charge in [-0.05, 0) is 112 Å². The summed E-state index contributed by atoms with van der Waals surface area (Å²) in [6.45, 7) is 2.35. The number of benzene rings is 10. The normalized spacial score (nSPS) is 13.6. The second-order valence-electron chi connectivity index (χ2n) is 20.8. The predicted octanol–water partition coefficient (Wildman–Crippen LogP) is 15.6. The van der Waals surface area contributed by atoms with E-state index in [1.54, 1.807) is 0 Å². The van der Waals surface area contributed by atoms with E-state index in [1.165, 1.54) is 0 Å². The fourth-order valence-corrected chi connectivity index (χ4v) is 11.5. The molecule has 0 amide bonds. The van der Waals surface area contributed by atoms with Crippen molar-refractivity contribution in [2.45, 2.75) is 78.2 Å². The highest BCUT2D eigenvalue weighted by atomic mass is 16.5. The molecule has 4 aliphatic heterocycles. The Kier molecular flexibility index (Phi) is 13.9. The Morgan fingerprint density at radius 2 is 0.474 bits per heavy atom. The molecule has 10 aromatic carbocycles. The standard InChI is InChI=1S/C72H60O6/c1-3-15-49(16-4-1)43-73-67-55-23-9-24-56(67)38-60-28-12-32-64-42-66-34-14-30-62-40-58-26-10-25-57(68(58)74-44-50-17-5-2-6-18-50)39-61-29-13-33-65(71(61)77-47-53-21-8-22-54(36-53)48-78-72(62)66)41-63-31-11-27-59(37-55)69(63)75-45-51-19-7-20-52(35-51)46-76-70(60)64/h1-36H,37-48H2. The lowest BCUT2D eigenvalue weighted by Crippen LogP contribution is -2.10. The SMILES string of the molecule is c1ccc(COc2c3cccc2Cc2cccc4c2OCc2cccc(c2)COc2c(cccc2Cc2cccc5c2OCc2cccc(c2)COc2c(cccc2C4)Cc2cccc(c2OCc2ccccc2)C5)C3)cc1. The summed E-state index contributed by atoms with van der Waals surface area (Å²) in [6, 6.07) is 77.7. The number of ether oxygens (including phenoxy) is 6. The third-order valence-corrected chi connectivity index (χ3v) is 15.3. The van der Waals surface area contributed by atoms with E-state index in [1.807, 2.05) is 12.1 Å². The molecule has 0 saturated carbocycles. The van der Waals surface area contributed by atoms with E-state index in [2.05, 4.69) is 206 Å². The minimum absolute atomic E-state index is 0.373. The average Bonchev–Trinajstić information content (AvgIpc) is 3.53. The van der Waals surface area contributed by atoms with Crippen LogP contribution in [0.2, 0.25) is 0 Å². The van der Waals surface area contributed by atoms with Gasteiger partial charge < -0.3 is 28.4 Å². The third kappa shape index (κ3) is 10.7. The molecule has 0 aliphatic carbocycles. The molecule has 0 spiro atoms. The zero-order valence-electron chi connectivity index (χ0n) is 43.7. The van der Waals surface area contributed by atoms with E-state index in [-0.39, 0.29) is 0 Å². The molecule has 384 valence electrons. The molecular weight excluding hydrogens is 961 g/mol. The quantitative estimate of drug-likeness (QED) is 0.165. The van der Waals surface area contributed by atoms with Crippen molar-refractivity contribution in [3.8, 4) is 34.5 Å². The molecule has 6 nitrogen and oxygen atoms in total. The van der Waals surface area contributed by atoms with Crippen molar-refractivity contribution in [1.29, 1.82) is 0 Å². The van der Waals surface area contributed by atoms with Gasteiger partial charge in [-0.3, -0.25) is 0 Å². The second-order valence-corrected chi connectivity index (χ2v) is 20.8. The van der Waals surface area contributed by atoms with E-state index in [4.69, 9.17) is 28.4 Å². The largest absolute Gasteiger partial charge is 0.488 e. The van der Waals surface area contributed by atoms with Crippen LogP contribution < -0.4 is 28.4 Å². The summed E-state index contributed by atoms with van der Waals surface area (Å²) >= 11 is 0. The highest BCUT2D eigenvalue weighted by Gasteiger charge is 2.24. The maximum absolute atomic E-state index is 7.19. The van der Waals surface area contributed by atoms with E-state index in [0.29, 0.717) is 78.2 Å². The van der Waals surface area contributed by atoms with Gasteiger partial charge in [0, 0.05) is 38.5 Å². The number of rotatable bonds is 6. The van der Waals surface area contributed by atoms with Crippen molar-refractivity contribution < 1.29 is 28.4 Å². The van der Waals surface area contributed by atoms with Crippen molar-refractivity contribution in [3.05, 3.63) is 319 Å². The lowest BCUT2D eigenvalue weighted by atomic mass is 9.91. The molecule has 0 N–H and O–H groups in total. The van der Waals surface area contributed by atoms with Crippen LogP contribution in [0.1, 0.15) is 100 Å². The van der Waals surface area contributed by atoms with Gasteiger partial charge in [0.15, 0.2) is 0 Å². The van der Waals surface area contributed by atoms with Gasteiger partial charge in [0.05, 0.1) is 0 Å². The van der Waals surface area contributed by atoms with Crippen LogP contribution in [-0.2, 0) is 78.2 Å². The first-order chi connectivity index (χ1) is 38.6. The van der Waals surface area contributed by atoms with Crippen LogP contribution in [0.3, 0.4) is 0 Å². The molecule has 10 aromatic rings. The van der Waals surface area contributed by atoms with Crippen LogP contribution in [0.4, 0.5) is 0 Å². The molecule has 4 aliphatic rings. The molecule has 0 aromatic heterocycles. The number of fused-ring (bicyclic) bond motifs is 4. The molecule has 0 unspecified atom stereocenters. The molecule has 0 radical (unpaired) electrons. The van der Waals surface area contributed by atoms with Gasteiger partial charge in [0.1, 0.15) is 74.1 Å². The van der Waals surface area contributed by atoms with Gasteiger partial charge in [-0.15, -0.1) is 0 Å². The van der Waals surface area contributed by atoms with Gasteiger partial charge in [-0.2, -0.15) is 0 Å². The third-order valence-electron chi connectivity index (χ3n) is 15.3. The van der Waals surface area contributed by atoms with E-state index in [9.17, 15) is 0 Å². The Bertz CT molecular complexity index is 3340. The summed E-state index contributed by atoms with van der Waals surface area (Å²) in [6.07, 6.45) is 3.50. The van der Waals surface area contributed by atoms with Crippen molar-refractivity contribution in [3.63, 3.8) is 0 Å². The first kappa shape index (κ1) is 48.6.